The largest absolute Gasteiger partial charge is 0.397 e. The molecule has 16 heavy (non-hydrogen) atoms. The van der Waals surface area contributed by atoms with Crippen LogP contribution in [0.15, 0.2) is 12.4 Å². The highest BCUT2D eigenvalue weighted by Crippen LogP contribution is 1.97. The molecule has 8 heteroatoms. The minimum atomic E-state index is -4.28. The zero-order valence-corrected chi connectivity index (χ0v) is 10.5. The number of rotatable bonds is 4. The Bertz CT molecular complexity index is 294. The van der Waals surface area contributed by atoms with Crippen molar-refractivity contribution in [3.63, 3.8) is 0 Å². The van der Waals surface area contributed by atoms with Crippen LogP contribution in [0.25, 0.3) is 0 Å². The predicted molar refractivity (Wildman–Crippen MR) is 58.9 cm³/mol. The fourth-order valence-corrected chi connectivity index (χ4v) is 1.18. The molecule has 1 rings (SSSR count). The Labute approximate surface area is 96.2 Å². The second-order valence-corrected chi connectivity index (χ2v) is 4.29. The first-order chi connectivity index (χ1) is 7.35. The molecule has 0 saturated heterocycles. The summed E-state index contributed by atoms with van der Waals surface area (Å²) in [5, 5.41) is 0. The number of hydrogen-bond donors (Lipinski definition) is 1. The van der Waals surface area contributed by atoms with Gasteiger partial charge in [0.15, 0.2) is 0 Å². The average molecular weight is 254 g/mol. The molecule has 7 nitrogen and oxygen atoms in total. The van der Waals surface area contributed by atoms with Gasteiger partial charge in [-0.1, -0.05) is 0 Å². The summed E-state index contributed by atoms with van der Waals surface area (Å²) in [4.78, 5) is 4.25. The van der Waals surface area contributed by atoms with Gasteiger partial charge >= 0.3 is 10.4 Å². The van der Waals surface area contributed by atoms with Gasteiger partial charge in [0.25, 0.3) is 0 Å². The summed E-state index contributed by atoms with van der Waals surface area (Å²) < 4.78 is 35.8. The van der Waals surface area contributed by atoms with Crippen LogP contribution >= 0.6 is 0 Å². The average Bonchev–Trinajstić information content (AvgIpc) is 2.49. The van der Waals surface area contributed by atoms with Gasteiger partial charge in [-0.3, -0.25) is 4.55 Å². The summed E-state index contributed by atoms with van der Waals surface area (Å²) in [5.41, 5.74) is 0. The van der Waals surface area contributed by atoms with Crippen LogP contribution in [0.3, 0.4) is 0 Å². The van der Waals surface area contributed by atoms with Crippen molar-refractivity contribution in [2.75, 3.05) is 41.1 Å². The van der Waals surface area contributed by atoms with E-state index in [9.17, 15) is 8.42 Å². The first kappa shape index (κ1) is 15.2. The van der Waals surface area contributed by atoms with Gasteiger partial charge in [0, 0.05) is 33.6 Å². The smallest absolute Gasteiger partial charge is 0.382 e. The van der Waals surface area contributed by atoms with Crippen LogP contribution in [-0.4, -0.2) is 63.9 Å². The van der Waals surface area contributed by atoms with E-state index in [4.69, 9.17) is 4.55 Å². The van der Waals surface area contributed by atoms with Gasteiger partial charge in [0.1, 0.15) is 0 Å². The maximum Gasteiger partial charge on any atom is 0.397 e. The van der Waals surface area contributed by atoms with Crippen LogP contribution in [0, 0.1) is 0 Å². The number of ether oxygens (including phenoxy) is 1. The van der Waals surface area contributed by atoms with E-state index in [-0.39, 0.29) is 13.2 Å². The summed E-state index contributed by atoms with van der Waals surface area (Å²) in [5.74, 6) is 0. The Kier molecular flexibility index (Phi) is 7.06. The highest BCUT2D eigenvalue weighted by atomic mass is 32.3. The SMILES string of the molecule is CN1C=CN(C)C1.COCCOS(=O)(=O)O. The quantitative estimate of drug-likeness (QED) is 0.547. The van der Waals surface area contributed by atoms with E-state index in [1.54, 1.807) is 0 Å². The molecular formula is C8H18N2O5S. The maximum atomic E-state index is 9.78. The standard InChI is InChI=1S/C5H10N2.C3H8O5S/c1-6-3-4-7(2)5-6;1-7-2-3-8-9(4,5)6/h3-4H,5H2,1-2H3;2-3H2,1H3,(H,4,5,6). The summed E-state index contributed by atoms with van der Waals surface area (Å²) in [6.07, 6.45) is 4.11. The lowest BCUT2D eigenvalue weighted by molar-refractivity contribution is 0.141. The molecule has 0 bridgehead atoms. The van der Waals surface area contributed by atoms with Gasteiger partial charge in [0.05, 0.1) is 19.9 Å². The van der Waals surface area contributed by atoms with Crippen LogP contribution in [0.1, 0.15) is 0 Å². The van der Waals surface area contributed by atoms with E-state index in [0.29, 0.717) is 0 Å². The number of nitrogens with zero attached hydrogens (tertiary/aromatic N) is 2. The topological polar surface area (TPSA) is 79.3 Å². The summed E-state index contributed by atoms with van der Waals surface area (Å²) in [6.45, 7) is 1.01. The molecule has 0 radical (unpaired) electrons. The maximum absolute atomic E-state index is 9.78. The summed E-state index contributed by atoms with van der Waals surface area (Å²) in [7, 11) is 1.23. The lowest BCUT2D eigenvalue weighted by Gasteiger charge is -2.10. The number of methoxy groups -OCH3 is 1. The highest BCUT2D eigenvalue weighted by Gasteiger charge is 2.01. The number of hydrogen-bond acceptors (Lipinski definition) is 6. The molecule has 0 aliphatic carbocycles. The predicted octanol–water partition coefficient (Wildman–Crippen LogP) is -0.255. The molecule has 0 amide bonds. The van der Waals surface area contributed by atoms with Crippen LogP contribution in [0.2, 0.25) is 0 Å². The lowest BCUT2D eigenvalue weighted by Crippen LogP contribution is -2.17. The minimum absolute atomic E-state index is 0.139. The van der Waals surface area contributed by atoms with Crippen LogP contribution in [0.5, 0.6) is 0 Å². The lowest BCUT2D eigenvalue weighted by atomic mass is 10.8. The third-order valence-electron chi connectivity index (χ3n) is 1.54. The Morgan fingerprint density at radius 1 is 1.25 bits per heavy atom. The normalized spacial score (nSPS) is 15.0. The Morgan fingerprint density at radius 2 is 1.75 bits per heavy atom. The molecule has 0 spiro atoms. The molecule has 0 atom stereocenters. The van der Waals surface area contributed by atoms with Crippen molar-refractivity contribution in [1.82, 2.24) is 9.80 Å². The Hall–Kier alpha value is -0.830. The Morgan fingerprint density at radius 3 is 2.00 bits per heavy atom. The van der Waals surface area contributed by atoms with Gasteiger partial charge < -0.3 is 14.5 Å². The molecule has 0 fully saturated rings. The van der Waals surface area contributed by atoms with Crippen molar-refractivity contribution in [3.8, 4) is 0 Å². The fourth-order valence-electron chi connectivity index (χ4n) is 0.896. The van der Waals surface area contributed by atoms with Crippen molar-refractivity contribution in [2.24, 2.45) is 0 Å². The van der Waals surface area contributed by atoms with E-state index in [0.717, 1.165) is 6.67 Å². The molecule has 1 N–H and O–H groups in total. The van der Waals surface area contributed by atoms with E-state index in [1.807, 2.05) is 0 Å². The monoisotopic (exact) mass is 254 g/mol. The second-order valence-electron chi connectivity index (χ2n) is 3.20. The molecule has 0 saturated carbocycles. The molecule has 1 aliphatic rings. The molecule has 1 aliphatic heterocycles. The van der Waals surface area contributed by atoms with E-state index >= 15 is 0 Å². The van der Waals surface area contributed by atoms with Gasteiger partial charge in [-0.25, -0.2) is 4.18 Å². The molecule has 1 heterocycles. The van der Waals surface area contributed by atoms with Crippen LogP contribution in [0.4, 0.5) is 0 Å². The molecule has 0 aromatic rings. The highest BCUT2D eigenvalue weighted by molar-refractivity contribution is 7.80. The van der Waals surface area contributed by atoms with Gasteiger partial charge in [-0.2, -0.15) is 8.42 Å². The van der Waals surface area contributed by atoms with Gasteiger partial charge in [-0.05, 0) is 0 Å². The van der Waals surface area contributed by atoms with Crippen molar-refractivity contribution in [1.29, 1.82) is 0 Å². The zero-order valence-electron chi connectivity index (χ0n) is 9.66. The van der Waals surface area contributed by atoms with E-state index in [1.165, 1.54) is 7.11 Å². The zero-order chi connectivity index (χ0) is 12.6. The molecule has 0 aromatic carbocycles. The molecule has 96 valence electrons. The van der Waals surface area contributed by atoms with Gasteiger partial charge in [0.2, 0.25) is 0 Å². The molecular weight excluding hydrogens is 236 g/mol. The summed E-state index contributed by atoms with van der Waals surface area (Å²) in [6, 6.07) is 0. The van der Waals surface area contributed by atoms with Gasteiger partial charge in [-0.15, -0.1) is 0 Å². The van der Waals surface area contributed by atoms with E-state index in [2.05, 4.69) is 45.2 Å². The third-order valence-corrected chi connectivity index (χ3v) is 2.01. The van der Waals surface area contributed by atoms with Crippen molar-refractivity contribution in [2.45, 2.75) is 0 Å². The molecule has 0 unspecified atom stereocenters. The third kappa shape index (κ3) is 9.71. The minimum Gasteiger partial charge on any atom is -0.382 e. The second kappa shape index (κ2) is 7.44. The van der Waals surface area contributed by atoms with Crippen LogP contribution in [-0.2, 0) is 19.3 Å². The summed E-state index contributed by atoms with van der Waals surface area (Å²) >= 11 is 0. The first-order valence-electron chi connectivity index (χ1n) is 4.54. The Balaban J connectivity index is 0.000000288. The fraction of sp³-hybridized carbons (Fsp3) is 0.750. The van der Waals surface area contributed by atoms with Crippen LogP contribution < -0.4 is 0 Å². The molecule has 0 aromatic heterocycles. The van der Waals surface area contributed by atoms with Crippen molar-refractivity contribution in [3.05, 3.63) is 12.4 Å². The van der Waals surface area contributed by atoms with E-state index < -0.39 is 10.4 Å². The first-order valence-corrected chi connectivity index (χ1v) is 5.91. The van der Waals surface area contributed by atoms with Crippen molar-refractivity contribution < 1.29 is 21.9 Å². The van der Waals surface area contributed by atoms with Crippen molar-refractivity contribution >= 4 is 10.4 Å².